The first-order valence-corrected chi connectivity index (χ1v) is 8.41. The molecule has 27 heavy (non-hydrogen) atoms. The second-order valence-electron chi connectivity index (χ2n) is 6.02. The maximum absolute atomic E-state index is 12.4. The zero-order valence-electron chi connectivity index (χ0n) is 15.4. The van der Waals surface area contributed by atoms with Crippen LogP contribution in [0.4, 0.5) is 5.69 Å². The Labute approximate surface area is 157 Å². The lowest BCUT2D eigenvalue weighted by atomic mass is 10.1. The summed E-state index contributed by atoms with van der Waals surface area (Å²) in [6.07, 6.45) is 0.457. The minimum Gasteiger partial charge on any atom is -0.508 e. The second kappa shape index (κ2) is 7.86. The molecule has 2 aromatic carbocycles. The zero-order chi connectivity index (χ0) is 19.4. The number of furan rings is 1. The highest BCUT2D eigenvalue weighted by Gasteiger charge is 2.15. The lowest BCUT2D eigenvalue weighted by Gasteiger charge is -2.09. The minimum atomic E-state index is -0.382. The minimum absolute atomic E-state index is 0.123. The van der Waals surface area contributed by atoms with Gasteiger partial charge in [-0.15, -0.1) is 0 Å². The zero-order valence-corrected chi connectivity index (χ0v) is 15.4. The molecule has 6 heteroatoms. The number of hydrogen-bond donors (Lipinski definition) is 2. The molecule has 3 aromatic rings. The topological polar surface area (TPSA) is 80.9 Å². The fourth-order valence-electron chi connectivity index (χ4n) is 2.75. The van der Waals surface area contributed by atoms with Crippen molar-refractivity contribution in [2.45, 2.75) is 13.3 Å². The summed E-state index contributed by atoms with van der Waals surface area (Å²) in [4.78, 5) is 12.4. The summed E-state index contributed by atoms with van der Waals surface area (Å²) in [5.74, 6) is 1.99. The van der Waals surface area contributed by atoms with Crippen LogP contribution in [0.15, 0.2) is 52.9 Å². The van der Waals surface area contributed by atoms with E-state index in [0.717, 1.165) is 11.3 Å². The smallest absolute Gasteiger partial charge is 0.291 e. The molecule has 0 saturated carbocycles. The van der Waals surface area contributed by atoms with Crippen molar-refractivity contribution in [2.75, 3.05) is 19.5 Å². The molecular weight excluding hydrogens is 346 g/mol. The quantitative estimate of drug-likeness (QED) is 0.684. The van der Waals surface area contributed by atoms with Gasteiger partial charge in [0.15, 0.2) is 5.76 Å². The average molecular weight is 367 g/mol. The molecule has 0 atom stereocenters. The molecule has 0 spiro atoms. The van der Waals surface area contributed by atoms with Gasteiger partial charge < -0.3 is 24.3 Å². The van der Waals surface area contributed by atoms with Gasteiger partial charge in [-0.25, -0.2) is 0 Å². The number of nitrogens with one attached hydrogen (secondary N) is 1. The van der Waals surface area contributed by atoms with Crippen molar-refractivity contribution < 1.29 is 23.8 Å². The average Bonchev–Trinajstić information content (AvgIpc) is 3.14. The number of carbonyl (C=O) groups is 1. The number of carbonyl (C=O) groups excluding carboxylic acids is 1. The van der Waals surface area contributed by atoms with E-state index in [1.165, 1.54) is 0 Å². The summed E-state index contributed by atoms with van der Waals surface area (Å²) in [5.41, 5.74) is 2.02. The summed E-state index contributed by atoms with van der Waals surface area (Å²) in [5, 5.41) is 12.5. The normalized spacial score (nSPS) is 10.5. The molecule has 140 valence electrons. The molecule has 1 amide bonds. The monoisotopic (exact) mass is 367 g/mol. The number of phenols is 1. The second-order valence-corrected chi connectivity index (χ2v) is 6.02. The van der Waals surface area contributed by atoms with Gasteiger partial charge in [0.2, 0.25) is 0 Å². The third kappa shape index (κ3) is 4.06. The van der Waals surface area contributed by atoms with Gasteiger partial charge in [0.05, 0.1) is 14.2 Å². The van der Waals surface area contributed by atoms with Crippen LogP contribution in [0.5, 0.6) is 17.2 Å². The largest absolute Gasteiger partial charge is 0.508 e. The molecule has 1 aromatic heterocycles. The van der Waals surface area contributed by atoms with Gasteiger partial charge >= 0.3 is 0 Å². The van der Waals surface area contributed by atoms with E-state index in [1.54, 1.807) is 51.5 Å². The predicted molar refractivity (Wildman–Crippen MR) is 102 cm³/mol. The van der Waals surface area contributed by atoms with Crippen LogP contribution in [0, 0.1) is 6.92 Å². The van der Waals surface area contributed by atoms with Crippen molar-refractivity contribution in [2.24, 2.45) is 0 Å². The fraction of sp³-hybridized carbons (Fsp3) is 0.190. The van der Waals surface area contributed by atoms with E-state index in [2.05, 4.69) is 5.32 Å². The summed E-state index contributed by atoms with van der Waals surface area (Å²) in [6.45, 7) is 1.73. The Morgan fingerprint density at radius 1 is 1.11 bits per heavy atom. The number of amides is 1. The Kier molecular flexibility index (Phi) is 5.35. The van der Waals surface area contributed by atoms with Crippen LogP contribution in [0.25, 0.3) is 0 Å². The predicted octanol–water partition coefficient (Wildman–Crippen LogP) is 4.15. The molecule has 0 aliphatic carbocycles. The van der Waals surface area contributed by atoms with Crippen molar-refractivity contribution >= 4 is 11.6 Å². The summed E-state index contributed by atoms with van der Waals surface area (Å²) >= 11 is 0. The Hall–Kier alpha value is -3.41. The van der Waals surface area contributed by atoms with Crippen molar-refractivity contribution in [1.82, 2.24) is 0 Å². The molecule has 0 aliphatic rings. The highest BCUT2D eigenvalue weighted by Crippen LogP contribution is 2.28. The van der Waals surface area contributed by atoms with Crippen LogP contribution >= 0.6 is 0 Å². The molecule has 6 nitrogen and oxygen atoms in total. The molecule has 0 fully saturated rings. The van der Waals surface area contributed by atoms with E-state index >= 15 is 0 Å². The molecule has 3 rings (SSSR count). The first kappa shape index (κ1) is 18.4. The molecule has 2 N–H and O–H groups in total. The number of benzene rings is 2. The van der Waals surface area contributed by atoms with Crippen molar-refractivity contribution in [3.8, 4) is 17.2 Å². The highest BCUT2D eigenvalue weighted by molar-refractivity contribution is 6.02. The summed E-state index contributed by atoms with van der Waals surface area (Å²) in [7, 11) is 3.20. The molecule has 0 saturated heterocycles. The fourth-order valence-corrected chi connectivity index (χ4v) is 2.75. The molecule has 0 radical (unpaired) electrons. The Morgan fingerprint density at radius 3 is 2.67 bits per heavy atom. The van der Waals surface area contributed by atoms with Gasteiger partial charge in [0, 0.05) is 23.2 Å². The van der Waals surface area contributed by atoms with Gasteiger partial charge in [0.25, 0.3) is 5.91 Å². The van der Waals surface area contributed by atoms with Crippen LogP contribution in [0.3, 0.4) is 0 Å². The standard InChI is InChI=1S/C21H21NO5/c1-13-17(5-4-6-18(13)23)22-21(24)20-10-8-16(27-20)12-14-11-15(25-2)7-9-19(14)26-3/h4-11,23H,12H2,1-3H3,(H,22,24). The SMILES string of the molecule is COc1ccc(OC)c(Cc2ccc(C(=O)Nc3cccc(O)c3C)o2)c1. The lowest BCUT2D eigenvalue weighted by molar-refractivity contribution is 0.0995. The molecule has 0 unspecified atom stereocenters. The number of rotatable bonds is 6. The number of methoxy groups -OCH3 is 2. The molecule has 1 heterocycles. The van der Waals surface area contributed by atoms with Crippen LogP contribution in [-0.2, 0) is 6.42 Å². The van der Waals surface area contributed by atoms with Gasteiger partial charge in [-0.2, -0.15) is 0 Å². The van der Waals surface area contributed by atoms with Gasteiger partial charge in [-0.1, -0.05) is 6.07 Å². The number of ether oxygens (including phenoxy) is 2. The van der Waals surface area contributed by atoms with Crippen molar-refractivity contribution in [3.63, 3.8) is 0 Å². The Balaban J connectivity index is 1.77. The first-order chi connectivity index (χ1) is 13.0. The van der Waals surface area contributed by atoms with Gasteiger partial charge in [-0.05, 0) is 49.4 Å². The third-order valence-electron chi connectivity index (χ3n) is 4.29. The summed E-state index contributed by atoms with van der Waals surface area (Å²) < 4.78 is 16.3. The van der Waals surface area contributed by atoms with E-state index in [1.807, 2.05) is 18.2 Å². The van der Waals surface area contributed by atoms with E-state index in [9.17, 15) is 9.90 Å². The molecule has 0 aliphatic heterocycles. The maximum atomic E-state index is 12.4. The highest BCUT2D eigenvalue weighted by atomic mass is 16.5. The summed E-state index contributed by atoms with van der Waals surface area (Å²) in [6, 6.07) is 13.8. The van der Waals surface area contributed by atoms with E-state index < -0.39 is 0 Å². The maximum Gasteiger partial charge on any atom is 0.291 e. The van der Waals surface area contributed by atoms with Gasteiger partial charge in [0.1, 0.15) is 23.0 Å². The number of phenolic OH excluding ortho intramolecular Hbond substituents is 1. The first-order valence-electron chi connectivity index (χ1n) is 8.41. The Bertz CT molecular complexity index is 961. The van der Waals surface area contributed by atoms with Crippen LogP contribution in [-0.4, -0.2) is 25.2 Å². The van der Waals surface area contributed by atoms with Crippen molar-refractivity contribution in [1.29, 1.82) is 0 Å². The Morgan fingerprint density at radius 2 is 1.93 bits per heavy atom. The van der Waals surface area contributed by atoms with Crippen LogP contribution < -0.4 is 14.8 Å². The number of aromatic hydroxyl groups is 1. The van der Waals surface area contributed by atoms with Gasteiger partial charge in [-0.3, -0.25) is 4.79 Å². The van der Waals surface area contributed by atoms with Crippen LogP contribution in [0.2, 0.25) is 0 Å². The molecule has 0 bridgehead atoms. The van der Waals surface area contributed by atoms with E-state index in [0.29, 0.717) is 29.2 Å². The van der Waals surface area contributed by atoms with E-state index in [4.69, 9.17) is 13.9 Å². The van der Waals surface area contributed by atoms with E-state index in [-0.39, 0.29) is 17.4 Å². The third-order valence-corrected chi connectivity index (χ3v) is 4.29. The van der Waals surface area contributed by atoms with Crippen LogP contribution in [0.1, 0.15) is 27.4 Å². The van der Waals surface area contributed by atoms with Crippen molar-refractivity contribution in [3.05, 3.63) is 71.2 Å². The number of anilines is 1. The number of hydrogen-bond acceptors (Lipinski definition) is 5. The molecular formula is C21H21NO5. The lowest BCUT2D eigenvalue weighted by Crippen LogP contribution is -2.11.